The number of hydrogen-bond acceptors (Lipinski definition) is 4. The molecule has 0 bridgehead atoms. The van der Waals surface area contributed by atoms with Crippen LogP contribution in [-0.4, -0.2) is 63.5 Å². The number of nitrogens with one attached hydrogen (secondary N) is 1. The van der Waals surface area contributed by atoms with Gasteiger partial charge in [0.05, 0.1) is 19.3 Å². The molecular weight excluding hydrogens is 216 g/mol. The lowest BCUT2D eigenvalue weighted by atomic mass is 9.89. The fourth-order valence-corrected chi connectivity index (χ4v) is 2.91. The molecule has 2 saturated heterocycles. The average Bonchev–Trinajstić information content (AvgIpc) is 2.37. The topological polar surface area (TPSA) is 33.7 Å². The van der Waals surface area contributed by atoms with Crippen LogP contribution in [0.3, 0.4) is 0 Å². The second-order valence-corrected chi connectivity index (χ2v) is 5.23. The van der Waals surface area contributed by atoms with Crippen molar-refractivity contribution in [2.24, 2.45) is 5.92 Å². The third-order valence-electron chi connectivity index (χ3n) is 3.84. The van der Waals surface area contributed by atoms with E-state index in [1.54, 1.807) is 0 Å². The highest BCUT2D eigenvalue weighted by molar-refractivity contribution is 4.88. The van der Waals surface area contributed by atoms with E-state index in [1.165, 1.54) is 12.8 Å². The van der Waals surface area contributed by atoms with Crippen LogP contribution < -0.4 is 5.32 Å². The van der Waals surface area contributed by atoms with Crippen LogP contribution >= 0.6 is 0 Å². The van der Waals surface area contributed by atoms with Gasteiger partial charge < -0.3 is 19.7 Å². The summed E-state index contributed by atoms with van der Waals surface area (Å²) in [5, 5.41) is 3.61. The largest absolute Gasteiger partial charge is 0.381 e. The van der Waals surface area contributed by atoms with Crippen molar-refractivity contribution >= 4 is 0 Å². The molecule has 4 nitrogen and oxygen atoms in total. The minimum Gasteiger partial charge on any atom is -0.381 e. The first-order chi connectivity index (χ1) is 8.31. The number of hydrogen-bond donors (Lipinski definition) is 1. The third kappa shape index (κ3) is 3.65. The van der Waals surface area contributed by atoms with Crippen LogP contribution in [-0.2, 0) is 9.47 Å². The molecule has 0 aromatic carbocycles. The molecule has 2 aliphatic rings. The summed E-state index contributed by atoms with van der Waals surface area (Å²) in [6.45, 7) is 7.94. The summed E-state index contributed by atoms with van der Waals surface area (Å²) in [5.74, 6) is 0.611. The molecule has 3 atom stereocenters. The van der Waals surface area contributed by atoms with Crippen molar-refractivity contribution in [3.8, 4) is 0 Å². The van der Waals surface area contributed by atoms with E-state index >= 15 is 0 Å². The fourth-order valence-electron chi connectivity index (χ4n) is 2.91. The summed E-state index contributed by atoms with van der Waals surface area (Å²) in [6.07, 6.45) is 2.77. The predicted octanol–water partition coefficient (Wildman–Crippen LogP) is 0.722. The highest BCUT2D eigenvalue weighted by Crippen LogP contribution is 2.22. The Morgan fingerprint density at radius 3 is 2.94 bits per heavy atom. The molecular formula is C13H26N2O2. The van der Waals surface area contributed by atoms with Gasteiger partial charge in [0.2, 0.25) is 0 Å². The van der Waals surface area contributed by atoms with Crippen molar-refractivity contribution in [3.63, 3.8) is 0 Å². The normalized spacial score (nSPS) is 33.5. The summed E-state index contributed by atoms with van der Waals surface area (Å²) in [5.41, 5.74) is 0. The van der Waals surface area contributed by atoms with Gasteiger partial charge in [-0.15, -0.1) is 0 Å². The molecule has 2 fully saturated rings. The second-order valence-electron chi connectivity index (χ2n) is 5.23. The third-order valence-corrected chi connectivity index (χ3v) is 3.84. The number of nitrogens with zero attached hydrogens (tertiary/aromatic N) is 1. The lowest BCUT2D eigenvalue weighted by Gasteiger charge is -2.40. The quantitative estimate of drug-likeness (QED) is 0.788. The Hall–Kier alpha value is -0.160. The first-order valence-electron chi connectivity index (χ1n) is 6.92. The SMILES string of the molecule is CCNC(C1CCCOC1)C1CN(C)CCO1. The van der Waals surface area contributed by atoms with Crippen molar-refractivity contribution < 1.29 is 9.47 Å². The van der Waals surface area contributed by atoms with Gasteiger partial charge in [0.1, 0.15) is 0 Å². The van der Waals surface area contributed by atoms with Gasteiger partial charge >= 0.3 is 0 Å². The first kappa shape index (κ1) is 13.3. The fraction of sp³-hybridized carbons (Fsp3) is 1.00. The molecule has 4 heteroatoms. The zero-order chi connectivity index (χ0) is 12.1. The van der Waals surface area contributed by atoms with Crippen molar-refractivity contribution in [1.29, 1.82) is 0 Å². The Kier molecular flexibility index (Phi) is 5.22. The molecule has 0 aliphatic carbocycles. The lowest BCUT2D eigenvalue weighted by Crippen LogP contribution is -2.55. The van der Waals surface area contributed by atoms with Crippen LogP contribution in [0.25, 0.3) is 0 Å². The molecule has 0 aromatic heterocycles. The minimum absolute atomic E-state index is 0.320. The van der Waals surface area contributed by atoms with Gasteiger partial charge in [-0.3, -0.25) is 0 Å². The molecule has 2 aliphatic heterocycles. The number of likely N-dealkylation sites (N-methyl/N-ethyl adjacent to an activating group) is 2. The summed E-state index contributed by atoms with van der Waals surface area (Å²) < 4.78 is 11.6. The standard InChI is InChI=1S/C13H26N2O2/c1-3-14-13(11-5-4-7-16-10-11)12-9-15(2)6-8-17-12/h11-14H,3-10H2,1-2H3. The summed E-state index contributed by atoms with van der Waals surface area (Å²) >= 11 is 0. The van der Waals surface area contributed by atoms with Gasteiger partial charge in [0.25, 0.3) is 0 Å². The smallest absolute Gasteiger partial charge is 0.0858 e. The van der Waals surface area contributed by atoms with Gasteiger partial charge in [-0.2, -0.15) is 0 Å². The van der Waals surface area contributed by atoms with Crippen molar-refractivity contribution in [3.05, 3.63) is 0 Å². The zero-order valence-electron chi connectivity index (χ0n) is 11.2. The Morgan fingerprint density at radius 2 is 2.29 bits per heavy atom. The van der Waals surface area contributed by atoms with E-state index in [2.05, 4.69) is 24.2 Å². The molecule has 0 spiro atoms. The molecule has 3 unspecified atom stereocenters. The Labute approximate surface area is 105 Å². The predicted molar refractivity (Wildman–Crippen MR) is 68.2 cm³/mol. The molecule has 0 saturated carbocycles. The zero-order valence-corrected chi connectivity index (χ0v) is 11.2. The van der Waals surface area contributed by atoms with Gasteiger partial charge in [0, 0.05) is 31.7 Å². The van der Waals surface area contributed by atoms with Crippen molar-refractivity contribution in [2.75, 3.05) is 46.5 Å². The maximum Gasteiger partial charge on any atom is 0.0858 e. The highest BCUT2D eigenvalue weighted by atomic mass is 16.5. The van der Waals surface area contributed by atoms with Crippen LogP contribution in [0.1, 0.15) is 19.8 Å². The molecule has 0 amide bonds. The van der Waals surface area contributed by atoms with Crippen LogP contribution in [0.15, 0.2) is 0 Å². The van der Waals surface area contributed by atoms with E-state index < -0.39 is 0 Å². The maximum atomic E-state index is 5.96. The lowest BCUT2D eigenvalue weighted by molar-refractivity contribution is -0.0662. The molecule has 0 radical (unpaired) electrons. The van der Waals surface area contributed by atoms with E-state index in [4.69, 9.17) is 9.47 Å². The maximum absolute atomic E-state index is 5.96. The summed E-state index contributed by atoms with van der Waals surface area (Å²) in [7, 11) is 2.18. The van der Waals surface area contributed by atoms with Crippen LogP contribution in [0.4, 0.5) is 0 Å². The number of ether oxygens (including phenoxy) is 2. The molecule has 2 rings (SSSR count). The Bertz CT molecular complexity index is 219. The average molecular weight is 242 g/mol. The monoisotopic (exact) mass is 242 g/mol. The van der Waals surface area contributed by atoms with Gasteiger partial charge in [-0.25, -0.2) is 0 Å². The Morgan fingerprint density at radius 1 is 1.41 bits per heavy atom. The van der Waals surface area contributed by atoms with Gasteiger partial charge in [-0.05, 0) is 26.4 Å². The first-order valence-corrected chi connectivity index (χ1v) is 6.92. The van der Waals surface area contributed by atoms with Crippen LogP contribution in [0, 0.1) is 5.92 Å². The van der Waals surface area contributed by atoms with E-state index in [9.17, 15) is 0 Å². The molecule has 17 heavy (non-hydrogen) atoms. The number of morpholine rings is 1. The van der Waals surface area contributed by atoms with Crippen molar-refractivity contribution in [2.45, 2.75) is 31.9 Å². The minimum atomic E-state index is 0.320. The number of rotatable bonds is 4. The summed E-state index contributed by atoms with van der Waals surface area (Å²) in [4.78, 5) is 2.36. The van der Waals surface area contributed by atoms with Crippen LogP contribution in [0.5, 0.6) is 0 Å². The molecule has 100 valence electrons. The Balaban J connectivity index is 1.94. The van der Waals surface area contributed by atoms with E-state index in [-0.39, 0.29) is 0 Å². The van der Waals surface area contributed by atoms with Gasteiger partial charge in [0.15, 0.2) is 0 Å². The molecule has 2 heterocycles. The highest BCUT2D eigenvalue weighted by Gasteiger charge is 2.33. The van der Waals surface area contributed by atoms with Crippen molar-refractivity contribution in [1.82, 2.24) is 10.2 Å². The second kappa shape index (κ2) is 6.69. The van der Waals surface area contributed by atoms with E-state index in [1.807, 2.05) is 0 Å². The molecule has 1 N–H and O–H groups in total. The molecule has 0 aromatic rings. The van der Waals surface area contributed by atoms with Crippen LogP contribution in [0.2, 0.25) is 0 Å². The van der Waals surface area contributed by atoms with E-state index in [0.29, 0.717) is 18.1 Å². The van der Waals surface area contributed by atoms with Gasteiger partial charge in [-0.1, -0.05) is 6.92 Å². The summed E-state index contributed by atoms with van der Waals surface area (Å²) in [6, 6.07) is 0.447. The van der Waals surface area contributed by atoms with E-state index in [0.717, 1.165) is 39.5 Å².